The molecule has 0 saturated carbocycles. The summed E-state index contributed by atoms with van der Waals surface area (Å²) in [6.45, 7) is 0.294. The Balaban J connectivity index is 1.51. The third-order valence-electron chi connectivity index (χ3n) is 5.30. The highest BCUT2D eigenvalue weighted by atomic mass is 19.2. The number of hydrogen-bond acceptors (Lipinski definition) is 4. The summed E-state index contributed by atoms with van der Waals surface area (Å²) in [5, 5.41) is 11.9. The standard InChI is InChI=1S/C22H18F3N3O3/c23-15-9-10-16(19(25)18(15)24)26-27-21(30)17-6-3-11-28(17)22(31)14-8-7-12-4-1-2-5-13(12)20(14)29/h1-2,4-5,7-10,17,26,29H,3,6,11H2,(H,27,30). The summed E-state index contributed by atoms with van der Waals surface area (Å²) in [4.78, 5) is 27.0. The second-order valence-corrected chi connectivity index (χ2v) is 7.18. The molecule has 0 aliphatic carbocycles. The summed E-state index contributed by atoms with van der Waals surface area (Å²) >= 11 is 0. The van der Waals surface area contributed by atoms with Crippen LogP contribution in [0.15, 0.2) is 48.5 Å². The minimum absolute atomic E-state index is 0.0676. The van der Waals surface area contributed by atoms with E-state index in [1.165, 1.54) is 11.0 Å². The van der Waals surface area contributed by atoms with E-state index in [1.54, 1.807) is 24.3 Å². The number of anilines is 1. The van der Waals surface area contributed by atoms with Crippen LogP contribution in [0.25, 0.3) is 10.8 Å². The molecule has 9 heteroatoms. The molecule has 1 atom stereocenters. The van der Waals surface area contributed by atoms with Gasteiger partial charge in [-0.1, -0.05) is 30.3 Å². The van der Waals surface area contributed by atoms with Gasteiger partial charge in [-0.15, -0.1) is 0 Å². The van der Waals surface area contributed by atoms with E-state index in [0.717, 1.165) is 17.5 Å². The Morgan fingerprint density at radius 2 is 1.77 bits per heavy atom. The third-order valence-corrected chi connectivity index (χ3v) is 5.30. The number of phenols is 1. The van der Waals surface area contributed by atoms with Crippen molar-refractivity contribution in [2.24, 2.45) is 0 Å². The van der Waals surface area contributed by atoms with Crippen molar-refractivity contribution in [1.29, 1.82) is 0 Å². The zero-order valence-electron chi connectivity index (χ0n) is 16.2. The van der Waals surface area contributed by atoms with E-state index >= 15 is 0 Å². The van der Waals surface area contributed by atoms with Gasteiger partial charge in [-0.05, 0) is 36.4 Å². The maximum atomic E-state index is 13.8. The van der Waals surface area contributed by atoms with Gasteiger partial charge in [0.05, 0.1) is 11.3 Å². The SMILES string of the molecule is O=C(NNc1ccc(F)c(F)c1F)C1CCCN1C(=O)c1ccc2ccccc2c1O. The maximum absolute atomic E-state index is 13.8. The van der Waals surface area contributed by atoms with Crippen molar-refractivity contribution in [3.05, 3.63) is 71.5 Å². The van der Waals surface area contributed by atoms with Gasteiger partial charge >= 0.3 is 0 Å². The molecule has 1 unspecified atom stereocenters. The van der Waals surface area contributed by atoms with Crippen molar-refractivity contribution in [1.82, 2.24) is 10.3 Å². The molecule has 1 aliphatic heterocycles. The quantitative estimate of drug-likeness (QED) is 0.436. The summed E-state index contributed by atoms with van der Waals surface area (Å²) in [6, 6.07) is 11.1. The lowest BCUT2D eigenvalue weighted by Gasteiger charge is -2.25. The van der Waals surface area contributed by atoms with E-state index in [0.29, 0.717) is 24.8 Å². The molecule has 0 bridgehead atoms. The first-order chi connectivity index (χ1) is 14.9. The Morgan fingerprint density at radius 1 is 1.00 bits per heavy atom. The molecule has 6 nitrogen and oxygen atoms in total. The van der Waals surface area contributed by atoms with Crippen molar-refractivity contribution in [3.8, 4) is 5.75 Å². The van der Waals surface area contributed by atoms with Crippen molar-refractivity contribution in [2.75, 3.05) is 12.0 Å². The number of carbonyl (C=O) groups is 2. The summed E-state index contributed by atoms with van der Waals surface area (Å²) < 4.78 is 40.1. The Bertz CT molecular complexity index is 1190. The van der Waals surface area contributed by atoms with Crippen LogP contribution in [-0.4, -0.2) is 34.4 Å². The molecule has 3 aromatic rings. The molecule has 0 radical (unpaired) electrons. The zero-order chi connectivity index (χ0) is 22.1. The van der Waals surface area contributed by atoms with Gasteiger partial charge in [-0.2, -0.15) is 0 Å². The van der Waals surface area contributed by atoms with Crippen LogP contribution >= 0.6 is 0 Å². The number of benzene rings is 3. The topological polar surface area (TPSA) is 81.7 Å². The Kier molecular flexibility index (Phi) is 5.41. The zero-order valence-corrected chi connectivity index (χ0v) is 16.2. The highest BCUT2D eigenvalue weighted by Crippen LogP contribution is 2.31. The molecule has 2 amide bonds. The molecule has 0 aromatic heterocycles. The monoisotopic (exact) mass is 429 g/mol. The number of hydrazine groups is 1. The van der Waals surface area contributed by atoms with E-state index < -0.39 is 41.0 Å². The molecular weight excluding hydrogens is 411 g/mol. The van der Waals surface area contributed by atoms with Crippen LogP contribution in [0.3, 0.4) is 0 Å². The van der Waals surface area contributed by atoms with Crippen molar-refractivity contribution >= 4 is 28.3 Å². The molecule has 1 aliphatic rings. The van der Waals surface area contributed by atoms with Crippen molar-refractivity contribution in [3.63, 3.8) is 0 Å². The number of rotatable bonds is 4. The van der Waals surface area contributed by atoms with Gasteiger partial charge in [-0.25, -0.2) is 13.2 Å². The molecule has 31 heavy (non-hydrogen) atoms. The average molecular weight is 429 g/mol. The third kappa shape index (κ3) is 3.74. The fraction of sp³-hybridized carbons (Fsp3) is 0.182. The highest BCUT2D eigenvalue weighted by Gasteiger charge is 2.35. The van der Waals surface area contributed by atoms with E-state index in [2.05, 4.69) is 10.9 Å². The van der Waals surface area contributed by atoms with E-state index in [4.69, 9.17) is 0 Å². The highest BCUT2D eigenvalue weighted by molar-refractivity contribution is 6.05. The fourth-order valence-electron chi connectivity index (χ4n) is 3.70. The number of nitrogens with zero attached hydrogens (tertiary/aromatic N) is 1. The second-order valence-electron chi connectivity index (χ2n) is 7.18. The van der Waals surface area contributed by atoms with Crippen LogP contribution < -0.4 is 10.9 Å². The summed E-state index contributed by atoms with van der Waals surface area (Å²) in [7, 11) is 0. The van der Waals surface area contributed by atoms with Crippen LogP contribution in [0.1, 0.15) is 23.2 Å². The van der Waals surface area contributed by atoms with Crippen LogP contribution in [0.2, 0.25) is 0 Å². The molecular formula is C22H18F3N3O3. The number of halogens is 3. The van der Waals surface area contributed by atoms with E-state index in [1.807, 2.05) is 6.07 Å². The minimum atomic E-state index is -1.66. The smallest absolute Gasteiger partial charge is 0.261 e. The predicted octanol–water partition coefficient (Wildman–Crippen LogP) is 3.71. The van der Waals surface area contributed by atoms with Crippen LogP contribution in [-0.2, 0) is 4.79 Å². The summed E-state index contributed by atoms with van der Waals surface area (Å²) in [6.07, 6.45) is 0.908. The lowest BCUT2D eigenvalue weighted by atomic mass is 10.0. The first-order valence-corrected chi connectivity index (χ1v) is 9.59. The fourth-order valence-corrected chi connectivity index (χ4v) is 3.70. The van der Waals surface area contributed by atoms with Gasteiger partial charge in [0.15, 0.2) is 17.5 Å². The molecule has 0 spiro atoms. The number of likely N-dealkylation sites (tertiary alicyclic amines) is 1. The minimum Gasteiger partial charge on any atom is -0.506 e. The number of nitrogens with one attached hydrogen (secondary N) is 2. The second kappa shape index (κ2) is 8.17. The molecule has 3 N–H and O–H groups in total. The largest absolute Gasteiger partial charge is 0.506 e. The molecule has 1 fully saturated rings. The maximum Gasteiger partial charge on any atom is 0.261 e. The number of carbonyl (C=O) groups excluding carboxylic acids is 2. The van der Waals surface area contributed by atoms with E-state index in [-0.39, 0.29) is 11.3 Å². The first-order valence-electron chi connectivity index (χ1n) is 9.59. The van der Waals surface area contributed by atoms with Crippen LogP contribution in [0, 0.1) is 17.5 Å². The lowest BCUT2D eigenvalue weighted by Crippen LogP contribution is -2.47. The van der Waals surface area contributed by atoms with Gasteiger partial charge in [0.2, 0.25) is 0 Å². The van der Waals surface area contributed by atoms with Gasteiger partial charge < -0.3 is 10.0 Å². The molecule has 4 rings (SSSR count). The van der Waals surface area contributed by atoms with Gasteiger partial charge in [-0.3, -0.25) is 20.4 Å². The predicted molar refractivity (Wildman–Crippen MR) is 108 cm³/mol. The number of amides is 2. The molecule has 160 valence electrons. The van der Waals surface area contributed by atoms with Gasteiger partial charge in [0, 0.05) is 11.9 Å². The summed E-state index contributed by atoms with van der Waals surface area (Å²) in [5.41, 5.74) is 4.08. The Hall–Kier alpha value is -3.75. The van der Waals surface area contributed by atoms with E-state index in [9.17, 15) is 27.9 Å². The Morgan fingerprint density at radius 3 is 2.58 bits per heavy atom. The lowest BCUT2D eigenvalue weighted by molar-refractivity contribution is -0.124. The first kappa shape index (κ1) is 20.5. The van der Waals surface area contributed by atoms with Crippen molar-refractivity contribution < 1.29 is 27.9 Å². The average Bonchev–Trinajstić information content (AvgIpc) is 3.27. The normalized spacial score (nSPS) is 15.8. The van der Waals surface area contributed by atoms with Crippen LogP contribution in [0.4, 0.5) is 18.9 Å². The number of phenolic OH excluding ortho intramolecular Hbond substituents is 1. The van der Waals surface area contributed by atoms with Crippen molar-refractivity contribution in [2.45, 2.75) is 18.9 Å². The van der Waals surface area contributed by atoms with Gasteiger partial charge in [0.25, 0.3) is 11.8 Å². The molecule has 1 heterocycles. The molecule has 3 aromatic carbocycles. The number of fused-ring (bicyclic) bond motifs is 1. The molecule has 1 saturated heterocycles. The number of aromatic hydroxyl groups is 1. The Labute approximate surface area is 175 Å². The van der Waals surface area contributed by atoms with Gasteiger partial charge in [0.1, 0.15) is 11.8 Å². The summed E-state index contributed by atoms with van der Waals surface area (Å²) in [5.74, 6) is -5.81. The van der Waals surface area contributed by atoms with Crippen LogP contribution in [0.5, 0.6) is 5.75 Å². The number of hydrogen-bond donors (Lipinski definition) is 3.